The van der Waals surface area contributed by atoms with Gasteiger partial charge in [-0.2, -0.15) is 44.9 Å². The first kappa shape index (κ1) is 85.3. The maximum atomic E-state index is 5.52. The van der Waals surface area contributed by atoms with E-state index in [1.54, 1.807) is 28.3 Å². The second-order valence-electron chi connectivity index (χ2n) is 15.6. The molecule has 0 aromatic carbocycles. The fraction of sp³-hybridized carbons (Fsp3) is 0.730. The van der Waals surface area contributed by atoms with Crippen molar-refractivity contribution in [3.63, 3.8) is 0 Å². The molecule has 0 spiro atoms. The zero-order valence-corrected chi connectivity index (χ0v) is 57.4. The number of alkyl halides is 1. The van der Waals surface area contributed by atoms with Gasteiger partial charge in [0.05, 0.1) is 21.0 Å². The Kier molecular flexibility index (Phi) is 65.0. The van der Waals surface area contributed by atoms with Crippen molar-refractivity contribution in [1.29, 1.82) is 0 Å². The Bertz CT molecular complexity index is 1470. The van der Waals surface area contributed by atoms with Crippen LogP contribution in [-0.2, 0) is 19.3 Å². The Balaban J connectivity index is -0.000000110. The molecule has 0 aliphatic rings. The molecule has 3 heterocycles. The van der Waals surface area contributed by atoms with Gasteiger partial charge < -0.3 is 34.3 Å². The number of hydroxylamine groups is 2. The number of rotatable bonds is 10. The fourth-order valence-corrected chi connectivity index (χ4v) is 3.24. The fourth-order valence-electron chi connectivity index (χ4n) is 2.28. The number of nitrogens with two attached hydrogens (primary N) is 2. The van der Waals surface area contributed by atoms with Gasteiger partial charge in [0.2, 0.25) is 38.3 Å². The third-order valence-electron chi connectivity index (χ3n) is 5.38. The standard InChI is InChI=1S/C15H30N6O.C5H6Cl2N4O.C5H13N.C3Cl3N3.C3H7I.C3H8.C2H7NO.CH3.2ClH.3HI.V/c1-14(2,3)9-16-11-18-12(17-10-15(4,5)6)20-13(19-11)21(7)22-8;1-11(12-2)5-9-3(6)8-4(7)10-5;1-5(2,3)4-6;4-1-7-2(5)9-3(6)8-1;1-2-3-4;1-3-2;1-4-2-3;;;;;;;/h9-10H2,1-8H3,(H2,16,17,18,19,20);1-2H3;4,6H2,1-3H3;;2-3H2,1H3;3H2,1-2H3;2-3H2,1H3;1H3;5*1H;/q;;;;;;;-1;;;;;;+3/p-3. The average molecular weight is 1590 g/mol. The van der Waals surface area contributed by atoms with Crippen LogP contribution in [0.5, 0.6) is 0 Å². The summed E-state index contributed by atoms with van der Waals surface area (Å²) in [7, 11) is 8.00. The van der Waals surface area contributed by atoms with Crippen molar-refractivity contribution in [2.45, 2.75) is 95.9 Å². The molecule has 6 N–H and O–H groups in total. The topological polar surface area (TPSA) is 226 Å². The van der Waals surface area contributed by atoms with Crippen LogP contribution in [0, 0.1) is 23.7 Å². The van der Waals surface area contributed by atoms with Crippen molar-refractivity contribution in [2.24, 2.45) is 27.7 Å². The third-order valence-corrected chi connectivity index (χ3v) is 7.30. The molecule has 30 heteroatoms. The van der Waals surface area contributed by atoms with E-state index in [1.807, 2.05) is 0 Å². The van der Waals surface area contributed by atoms with Crippen LogP contribution in [0.2, 0.25) is 26.4 Å². The van der Waals surface area contributed by atoms with Gasteiger partial charge in [-0.15, -0.1) is 24.8 Å². The number of hydrogen-bond donors (Lipinski definition) is 4. The molecule has 67 heavy (non-hydrogen) atoms. The Hall–Kier alpha value is 1.56. The number of nitrogens with one attached hydrogen (secondary N) is 2. The van der Waals surface area contributed by atoms with Crippen molar-refractivity contribution in [2.75, 3.05) is 87.0 Å². The Morgan fingerprint density at radius 2 is 0.791 bits per heavy atom. The minimum atomic E-state index is -0.278. The van der Waals surface area contributed by atoms with Crippen molar-refractivity contribution >= 4 is 189 Å². The van der Waals surface area contributed by atoms with Crippen LogP contribution >= 0.6 is 165 Å². The molecular formula is C37H76Cl7I4N15O3V-. The number of hydrogen-bond acceptors (Lipinski definition) is 18. The molecule has 0 fully saturated rings. The van der Waals surface area contributed by atoms with Gasteiger partial charge in [0.15, 0.2) is 0 Å². The van der Waals surface area contributed by atoms with Gasteiger partial charge in [-0.25, -0.2) is 10.1 Å². The molecular weight excluding hydrogens is 1510 g/mol. The van der Waals surface area contributed by atoms with Crippen LogP contribution in [0.15, 0.2) is 0 Å². The summed E-state index contributed by atoms with van der Waals surface area (Å²) in [4.78, 5) is 44.4. The van der Waals surface area contributed by atoms with Gasteiger partial charge >= 0.3 is 64.9 Å². The molecule has 0 saturated carbocycles. The normalized spacial score (nSPS) is 9.87. The Labute approximate surface area is 491 Å². The number of ether oxygens (including phenoxy) is 1. The van der Waals surface area contributed by atoms with Crippen LogP contribution in [0.3, 0.4) is 0 Å². The predicted molar refractivity (Wildman–Crippen MR) is 324 cm³/mol. The van der Waals surface area contributed by atoms with E-state index >= 15 is 0 Å². The molecule has 0 unspecified atom stereocenters. The number of methoxy groups -OCH3 is 1. The number of halogens is 11. The minimum absolute atomic E-state index is 0. The van der Waals surface area contributed by atoms with Gasteiger partial charge in [0.25, 0.3) is 11.9 Å². The summed E-state index contributed by atoms with van der Waals surface area (Å²) in [5, 5.41) is 9.41. The second-order valence-corrected chi connectivity index (χ2v) is 53.7. The predicted octanol–water partition coefficient (Wildman–Crippen LogP) is 13.5. The molecule has 0 aliphatic heterocycles. The van der Waals surface area contributed by atoms with E-state index in [0.29, 0.717) is 30.0 Å². The molecule has 3 rings (SSSR count). The quantitative estimate of drug-likeness (QED) is 0.0486. The van der Waals surface area contributed by atoms with Crippen molar-refractivity contribution in [1.82, 2.24) is 44.9 Å². The maximum absolute atomic E-state index is 5.52. The Morgan fingerprint density at radius 1 is 0.567 bits per heavy atom. The summed E-state index contributed by atoms with van der Waals surface area (Å²) in [5.41, 5.74) is 10.7. The first-order valence-corrected chi connectivity index (χ1v) is 36.1. The summed E-state index contributed by atoms with van der Waals surface area (Å²) in [6.07, 6.45) is 2.56. The SMILES string of the molecule is CC(C)(C)CN.CCC.CCCI.COCN.CON(C)c1nc(Cl)nc(Cl)n1.CON(C)c1nc(NCC(C)(C)C)nc(NCC(C)(C)C)n1.Cl.Cl.Clc1nc(Cl)nc(Cl)n1.[CH3-].[I][V]([I])[I]. The van der Waals surface area contributed by atoms with Crippen LogP contribution in [0.1, 0.15) is 95.9 Å². The molecule has 0 radical (unpaired) electrons. The average Bonchev–Trinajstić information content (AvgIpc) is 3.18. The zero-order chi connectivity index (χ0) is 51.3. The molecule has 0 atom stereocenters. The molecule has 0 aliphatic carbocycles. The summed E-state index contributed by atoms with van der Waals surface area (Å²) >= 11 is 36.7. The van der Waals surface area contributed by atoms with Gasteiger partial charge in [-0.05, 0) is 91.6 Å². The van der Waals surface area contributed by atoms with Gasteiger partial charge in [-0.1, -0.05) is 112 Å². The van der Waals surface area contributed by atoms with E-state index in [-0.39, 0.29) is 80.4 Å². The summed E-state index contributed by atoms with van der Waals surface area (Å²) < 4.78 is 5.61. The molecule has 3 aromatic heterocycles. The molecule has 0 amide bonds. The van der Waals surface area contributed by atoms with Crippen molar-refractivity contribution in [3.05, 3.63) is 33.8 Å². The summed E-state index contributed by atoms with van der Waals surface area (Å²) in [6, 6.07) is 0. The van der Waals surface area contributed by atoms with E-state index in [1.165, 1.54) is 34.5 Å². The van der Waals surface area contributed by atoms with Gasteiger partial charge in [0, 0.05) is 34.3 Å². The third kappa shape index (κ3) is 65.5. The number of anilines is 4. The summed E-state index contributed by atoms with van der Waals surface area (Å²) in [6.45, 7) is 28.3. The van der Waals surface area contributed by atoms with E-state index < -0.39 is 0 Å². The second kappa shape index (κ2) is 51.1. The van der Waals surface area contributed by atoms with E-state index in [9.17, 15) is 0 Å². The monoisotopic (exact) mass is 1580 g/mol. The van der Waals surface area contributed by atoms with Crippen LogP contribution in [0.25, 0.3) is 0 Å². The van der Waals surface area contributed by atoms with E-state index in [2.05, 4.69) is 226 Å². The van der Waals surface area contributed by atoms with Crippen molar-refractivity contribution < 1.29 is 19.3 Å². The first-order chi connectivity index (χ1) is 29.3. The first-order valence-electron chi connectivity index (χ1n) is 19.2. The van der Waals surface area contributed by atoms with Gasteiger partial charge in [-0.3, -0.25) is 9.68 Å². The molecule has 3 aromatic rings. The zero-order valence-electron chi connectivity index (χ0n) is 41.9. The molecule has 0 bridgehead atoms. The van der Waals surface area contributed by atoms with Gasteiger partial charge in [0.1, 0.15) is 0 Å². The van der Waals surface area contributed by atoms with Crippen LogP contribution < -0.4 is 32.2 Å². The molecule has 18 nitrogen and oxygen atoms in total. The molecule has 400 valence electrons. The number of nitrogens with zero attached hydrogens (tertiary/aromatic N) is 11. The summed E-state index contributed by atoms with van der Waals surface area (Å²) in [5.74, 6) is 1.81. The van der Waals surface area contributed by atoms with E-state index in [4.69, 9.17) is 79.1 Å². The Morgan fingerprint density at radius 3 is 0.970 bits per heavy atom. The van der Waals surface area contributed by atoms with E-state index in [0.717, 1.165) is 19.6 Å². The van der Waals surface area contributed by atoms with Crippen LogP contribution in [0.4, 0.5) is 23.8 Å². The molecule has 0 saturated heterocycles. The number of aromatic nitrogens is 9. The van der Waals surface area contributed by atoms with Crippen LogP contribution in [-0.4, -0.2) is 111 Å². The van der Waals surface area contributed by atoms with Crippen molar-refractivity contribution in [3.8, 4) is 0 Å².